The second kappa shape index (κ2) is 14.1. The van der Waals surface area contributed by atoms with Gasteiger partial charge in [0.15, 0.2) is 0 Å². The topological polar surface area (TPSA) is 470 Å². The maximum atomic E-state index is 11.4. The van der Waals surface area contributed by atoms with Crippen molar-refractivity contribution in [2.45, 2.75) is 36.6 Å². The zero-order chi connectivity index (χ0) is 32.3. The zero-order valence-corrected chi connectivity index (χ0v) is 23.8. The highest BCUT2D eigenvalue weighted by molar-refractivity contribution is 7.47. The largest absolute Gasteiger partial charge is 0.470 e. The lowest BCUT2D eigenvalue weighted by Crippen LogP contribution is -2.66. The summed E-state index contributed by atoms with van der Waals surface area (Å²) in [5, 5.41) is 0. The van der Waals surface area contributed by atoms with Crippen molar-refractivity contribution >= 4 is 53.0 Å². The van der Waals surface area contributed by atoms with Crippen LogP contribution in [0.2, 0.25) is 0 Å². The highest BCUT2D eigenvalue weighted by Crippen LogP contribution is 2.57. The number of phosphoric acid groups is 6. The molecule has 1 rings (SSSR count). The molecular weight excluding hydrogens is 698 g/mol. The van der Waals surface area contributed by atoms with Crippen molar-refractivity contribution in [2.24, 2.45) is 11.5 Å². The van der Waals surface area contributed by atoms with E-state index in [1.807, 2.05) is 0 Å². The third-order valence-electron chi connectivity index (χ3n) is 3.50. The molecule has 0 aliphatic heterocycles. The molecule has 0 heterocycles. The summed E-state index contributed by atoms with van der Waals surface area (Å²) in [6, 6.07) is -0.833. The van der Waals surface area contributed by atoms with E-state index >= 15 is 0 Å². The van der Waals surface area contributed by atoms with E-state index in [4.69, 9.17) is 63.5 Å². The van der Waals surface area contributed by atoms with E-state index in [0.717, 1.165) is 0 Å². The first-order chi connectivity index (χ1) is 17.3. The smallest absolute Gasteiger partial charge is 0.352 e. The van der Waals surface area contributed by atoms with Crippen molar-refractivity contribution in [3.8, 4) is 0 Å². The molecule has 0 atom stereocenters. The molecule has 0 aromatic carbocycles. The molecular formula is C7H22N2O25P6. The van der Waals surface area contributed by atoms with E-state index in [9.17, 15) is 27.4 Å². The highest BCUT2D eigenvalue weighted by atomic mass is 31.2. The molecule has 1 aliphatic rings. The summed E-state index contributed by atoms with van der Waals surface area (Å²) in [4.78, 5) is 119. The summed E-state index contributed by atoms with van der Waals surface area (Å²) in [5.41, 5.74) is 8.50. The van der Waals surface area contributed by atoms with E-state index in [1.54, 1.807) is 0 Å². The van der Waals surface area contributed by atoms with E-state index in [-0.39, 0.29) is 0 Å². The fourth-order valence-corrected chi connectivity index (χ4v) is 6.14. The van der Waals surface area contributed by atoms with Gasteiger partial charge in [0.05, 0.1) is 0 Å². The standard InChI is InChI=1S/C6H18O24P6.CH4N2O/c7-31(8,9)25-1-2(26-32(10,11)12)4(28-34(16,17)18)6(30-36(22,23)24)5(29-35(19,20)21)3(1)27-33(13,14)15;2-1(3)4/h1-6H,(H2,7,8,9)(H2,10,11,12)(H2,13,14,15)(H2,16,17,18)(H2,19,20,21)(H2,22,23,24);(H4,2,3,4)/t1-,2-,3-,4+,5-,6-;. The predicted molar refractivity (Wildman–Crippen MR) is 115 cm³/mol. The second-order valence-electron chi connectivity index (χ2n) is 6.77. The first-order valence-electron chi connectivity index (χ1n) is 8.79. The van der Waals surface area contributed by atoms with Gasteiger partial charge in [-0.15, -0.1) is 0 Å². The van der Waals surface area contributed by atoms with Crippen molar-refractivity contribution in [3.63, 3.8) is 0 Å². The maximum absolute atomic E-state index is 11.4. The highest BCUT2D eigenvalue weighted by Gasteiger charge is 2.62. The maximum Gasteiger partial charge on any atom is 0.470 e. The van der Waals surface area contributed by atoms with Crippen LogP contribution >= 0.6 is 46.9 Å². The van der Waals surface area contributed by atoms with Crippen molar-refractivity contribution in [1.29, 1.82) is 0 Å². The first kappa shape index (κ1) is 39.9. The van der Waals surface area contributed by atoms with Gasteiger partial charge in [0.2, 0.25) is 0 Å². The molecule has 0 unspecified atom stereocenters. The summed E-state index contributed by atoms with van der Waals surface area (Å²) >= 11 is 0. The summed E-state index contributed by atoms with van der Waals surface area (Å²) < 4.78 is 93.1. The van der Waals surface area contributed by atoms with Gasteiger partial charge in [0.1, 0.15) is 36.6 Å². The average molecular weight is 720 g/mol. The number of primary amides is 2. The molecule has 33 heteroatoms. The Morgan fingerprint density at radius 2 is 0.450 bits per heavy atom. The van der Waals surface area contributed by atoms with Crippen LogP contribution in [0.4, 0.5) is 4.79 Å². The van der Waals surface area contributed by atoms with Gasteiger partial charge in [-0.1, -0.05) is 0 Å². The fourth-order valence-electron chi connectivity index (χ4n) is 2.79. The van der Waals surface area contributed by atoms with Crippen molar-refractivity contribution in [2.75, 3.05) is 0 Å². The minimum atomic E-state index is -6.02. The van der Waals surface area contributed by atoms with Crippen LogP contribution in [-0.2, 0) is 54.5 Å². The molecule has 1 fully saturated rings. The number of hydrogen-bond acceptors (Lipinski definition) is 13. The molecule has 0 aromatic rings. The number of nitrogens with two attached hydrogens (primary N) is 2. The van der Waals surface area contributed by atoms with Crippen molar-refractivity contribution in [1.82, 2.24) is 0 Å². The Morgan fingerprint density at radius 3 is 0.500 bits per heavy atom. The Balaban J connectivity index is 0.00000354. The molecule has 27 nitrogen and oxygen atoms in total. The number of phosphoric ester groups is 6. The molecule has 2 amide bonds. The lowest BCUT2D eigenvalue weighted by molar-refractivity contribution is -0.202. The van der Waals surface area contributed by atoms with Gasteiger partial charge in [-0.3, -0.25) is 27.1 Å². The number of carbonyl (C=O) groups is 1. The van der Waals surface area contributed by atoms with Crippen LogP contribution in [0.25, 0.3) is 0 Å². The van der Waals surface area contributed by atoms with Gasteiger partial charge >= 0.3 is 53.0 Å². The SMILES string of the molecule is NC(N)=O.O=P(O)(O)O[C@H]1[C@H](OP(=O)(O)O)[C@@H](OP(=O)(O)O)[C@H](OP(=O)(O)O)[C@@H](OP(=O)(O)O)[C@H]1OP(=O)(O)O. The van der Waals surface area contributed by atoms with Crippen LogP contribution in [0.15, 0.2) is 0 Å². The quantitative estimate of drug-likeness (QED) is 0.0852. The Morgan fingerprint density at radius 1 is 0.375 bits per heavy atom. The minimum absolute atomic E-state index is 0.833. The van der Waals surface area contributed by atoms with Crippen LogP contribution in [0, 0.1) is 0 Å². The predicted octanol–water partition coefficient (Wildman–Crippen LogP) is -4.11. The Hall–Kier alpha value is -0.0700. The van der Waals surface area contributed by atoms with Crippen molar-refractivity contribution in [3.05, 3.63) is 0 Å². The van der Waals surface area contributed by atoms with Gasteiger partial charge in [-0.05, 0) is 0 Å². The number of amides is 2. The number of rotatable bonds is 12. The molecule has 0 saturated heterocycles. The molecule has 0 radical (unpaired) electrons. The molecule has 0 bridgehead atoms. The van der Waals surface area contributed by atoms with E-state index < -0.39 is 89.6 Å². The zero-order valence-electron chi connectivity index (χ0n) is 18.5. The third kappa shape index (κ3) is 17.8. The van der Waals surface area contributed by atoms with Gasteiger partial charge < -0.3 is 70.2 Å². The summed E-state index contributed by atoms with van der Waals surface area (Å²) in [7, 11) is -36.1. The lowest BCUT2D eigenvalue weighted by Gasteiger charge is -2.48. The normalized spacial score (nSPS) is 27.0. The first-order valence-corrected chi connectivity index (χ1v) is 18.0. The molecule has 240 valence electrons. The summed E-state index contributed by atoms with van der Waals surface area (Å²) in [5.74, 6) is 0. The van der Waals surface area contributed by atoms with Crippen molar-refractivity contribution < 1.29 is 118 Å². The molecule has 1 saturated carbocycles. The van der Waals surface area contributed by atoms with Gasteiger partial charge in [-0.2, -0.15) is 0 Å². The number of hydrogen-bond donors (Lipinski definition) is 14. The van der Waals surface area contributed by atoms with Gasteiger partial charge in [0, 0.05) is 0 Å². The van der Waals surface area contributed by atoms with Crippen LogP contribution in [0.1, 0.15) is 0 Å². The average Bonchev–Trinajstić information content (AvgIpc) is 2.57. The molecule has 1 aliphatic carbocycles. The Labute approximate surface area is 219 Å². The Bertz CT molecular complexity index is 919. The van der Waals surface area contributed by atoms with Crippen LogP contribution in [0.5, 0.6) is 0 Å². The van der Waals surface area contributed by atoms with Gasteiger partial charge in [0.25, 0.3) is 0 Å². The van der Waals surface area contributed by atoms with E-state index in [2.05, 4.69) is 38.6 Å². The van der Waals surface area contributed by atoms with Gasteiger partial charge in [-0.25, -0.2) is 32.2 Å². The van der Waals surface area contributed by atoms with E-state index in [1.165, 1.54) is 0 Å². The fraction of sp³-hybridized carbons (Fsp3) is 0.857. The van der Waals surface area contributed by atoms with Crippen LogP contribution < -0.4 is 11.5 Å². The number of carbonyl (C=O) groups excluding carboxylic acids is 1. The van der Waals surface area contributed by atoms with E-state index in [0.29, 0.717) is 0 Å². The Kier molecular flexibility index (Phi) is 14.1. The molecule has 40 heavy (non-hydrogen) atoms. The molecule has 0 aromatic heterocycles. The number of urea groups is 1. The third-order valence-corrected chi connectivity index (χ3v) is 6.61. The monoisotopic (exact) mass is 720 g/mol. The van der Waals surface area contributed by atoms with Crippen LogP contribution in [0.3, 0.4) is 0 Å². The summed E-state index contributed by atoms with van der Waals surface area (Å²) in [6.45, 7) is 0. The minimum Gasteiger partial charge on any atom is -0.352 e. The van der Waals surface area contributed by atoms with Crippen LogP contribution in [-0.4, -0.2) is 101 Å². The summed E-state index contributed by atoms with van der Waals surface area (Å²) in [6.07, 6.45) is -18.9. The molecule has 16 N–H and O–H groups in total. The second-order valence-corrected chi connectivity index (χ2v) is 13.9. The molecule has 0 spiro atoms. The lowest BCUT2D eigenvalue weighted by atomic mass is 9.85.